The van der Waals surface area contributed by atoms with Crippen molar-refractivity contribution in [3.8, 4) is 5.75 Å². The predicted octanol–water partition coefficient (Wildman–Crippen LogP) is 4.39. The van der Waals surface area contributed by atoms with Crippen LogP contribution < -0.4 is 4.74 Å². The van der Waals surface area contributed by atoms with Gasteiger partial charge in [0.1, 0.15) is 5.75 Å². The highest BCUT2D eigenvalue weighted by Crippen LogP contribution is 2.34. The molecular weight excluding hydrogens is 451 g/mol. The van der Waals surface area contributed by atoms with Crippen molar-refractivity contribution in [2.45, 2.75) is 45.1 Å². The number of aliphatic hydroxyl groups excluding tert-OH is 1. The van der Waals surface area contributed by atoms with Crippen LogP contribution >= 0.6 is 0 Å². The maximum absolute atomic E-state index is 13.2. The van der Waals surface area contributed by atoms with E-state index in [0.717, 1.165) is 5.56 Å². The molecule has 188 valence electrons. The molecule has 0 saturated carbocycles. The summed E-state index contributed by atoms with van der Waals surface area (Å²) in [7, 11) is 1.53. The molecule has 7 nitrogen and oxygen atoms in total. The van der Waals surface area contributed by atoms with E-state index in [9.17, 15) is 23.1 Å². The number of aliphatic imine (C=N–C) groups is 1. The molecule has 1 aromatic rings. The lowest BCUT2D eigenvalue weighted by Crippen LogP contribution is -2.50. The number of rotatable bonds is 5. The third-order valence-electron chi connectivity index (χ3n) is 6.22. The van der Waals surface area contributed by atoms with Gasteiger partial charge in [0.25, 0.3) is 0 Å². The van der Waals surface area contributed by atoms with Gasteiger partial charge < -0.3 is 24.4 Å². The van der Waals surface area contributed by atoms with E-state index in [4.69, 9.17) is 4.74 Å². The summed E-state index contributed by atoms with van der Waals surface area (Å²) in [5, 5.41) is 9.86. The zero-order valence-corrected chi connectivity index (χ0v) is 19.7. The Bertz CT molecular complexity index is 902. The molecule has 2 heterocycles. The fourth-order valence-corrected chi connectivity index (χ4v) is 4.31. The number of allylic oxidation sites excluding steroid dienone is 1. The van der Waals surface area contributed by atoms with Crippen molar-refractivity contribution in [3.63, 3.8) is 0 Å². The van der Waals surface area contributed by atoms with Crippen LogP contribution in [0.15, 0.2) is 41.5 Å². The normalized spacial score (nSPS) is 23.9. The number of carbonyl (C=O) groups is 1. The van der Waals surface area contributed by atoms with E-state index in [2.05, 4.69) is 16.3 Å². The SMILES string of the molecule is C=C(N=C(OC)C1CC(c2ccc(OC(F)(F)F)cc2)CN(C(=O)N2CCC(O)C2)C1)C(C)C. The van der Waals surface area contributed by atoms with E-state index in [-0.39, 0.29) is 36.1 Å². The monoisotopic (exact) mass is 483 g/mol. The van der Waals surface area contributed by atoms with Gasteiger partial charge in [-0.3, -0.25) is 0 Å². The van der Waals surface area contributed by atoms with E-state index >= 15 is 0 Å². The Morgan fingerprint density at radius 2 is 1.85 bits per heavy atom. The van der Waals surface area contributed by atoms with Gasteiger partial charge in [0.15, 0.2) is 5.90 Å². The average Bonchev–Trinajstić information content (AvgIpc) is 3.22. The summed E-state index contributed by atoms with van der Waals surface area (Å²) in [5.74, 6) is -0.0751. The van der Waals surface area contributed by atoms with Crippen LogP contribution in [0.4, 0.5) is 18.0 Å². The molecule has 1 N–H and O–H groups in total. The Labute approximate surface area is 197 Å². The number of benzene rings is 1. The smallest absolute Gasteiger partial charge is 0.484 e. The van der Waals surface area contributed by atoms with Gasteiger partial charge in [-0.1, -0.05) is 32.6 Å². The number of urea groups is 1. The first-order valence-electron chi connectivity index (χ1n) is 11.4. The van der Waals surface area contributed by atoms with Gasteiger partial charge in [0, 0.05) is 37.8 Å². The van der Waals surface area contributed by atoms with Crippen molar-refractivity contribution in [1.29, 1.82) is 0 Å². The fourth-order valence-electron chi connectivity index (χ4n) is 4.31. The first kappa shape index (κ1) is 25.9. The number of ether oxygens (including phenoxy) is 2. The number of alkyl halides is 3. The number of hydrogen-bond acceptors (Lipinski definition) is 5. The van der Waals surface area contributed by atoms with E-state index in [0.29, 0.717) is 44.1 Å². The number of β-amino-alcohol motifs (C(OH)–C–C–N with tert-alkyl or cyclic N) is 1. The fraction of sp³-hybridized carbons (Fsp3) is 0.583. The van der Waals surface area contributed by atoms with Crippen molar-refractivity contribution < 1.29 is 32.5 Å². The van der Waals surface area contributed by atoms with Gasteiger partial charge in [-0.15, -0.1) is 13.2 Å². The molecule has 2 saturated heterocycles. The van der Waals surface area contributed by atoms with Crippen LogP contribution in [0.25, 0.3) is 0 Å². The Morgan fingerprint density at radius 3 is 2.38 bits per heavy atom. The Balaban J connectivity index is 1.86. The van der Waals surface area contributed by atoms with Crippen LogP contribution in [0, 0.1) is 11.8 Å². The number of nitrogens with zero attached hydrogens (tertiary/aromatic N) is 3. The topological polar surface area (TPSA) is 74.6 Å². The molecule has 10 heteroatoms. The van der Waals surface area contributed by atoms with Gasteiger partial charge in [0.05, 0.1) is 19.1 Å². The molecule has 0 aliphatic carbocycles. The van der Waals surface area contributed by atoms with Crippen LogP contribution in [0.5, 0.6) is 5.75 Å². The van der Waals surface area contributed by atoms with Gasteiger partial charge >= 0.3 is 12.4 Å². The van der Waals surface area contributed by atoms with E-state index in [1.54, 1.807) is 21.9 Å². The Kier molecular flexibility index (Phi) is 8.12. The maximum atomic E-state index is 13.2. The Hall–Kier alpha value is -2.75. The molecule has 3 rings (SSSR count). The number of halogens is 3. The van der Waals surface area contributed by atoms with Crippen LogP contribution in [-0.2, 0) is 4.74 Å². The first-order valence-corrected chi connectivity index (χ1v) is 11.4. The zero-order valence-electron chi connectivity index (χ0n) is 19.7. The lowest BCUT2D eigenvalue weighted by molar-refractivity contribution is -0.274. The van der Waals surface area contributed by atoms with Crippen molar-refractivity contribution in [2.24, 2.45) is 16.8 Å². The molecule has 2 aliphatic rings. The van der Waals surface area contributed by atoms with Crippen molar-refractivity contribution >= 4 is 11.9 Å². The maximum Gasteiger partial charge on any atom is 0.573 e. The van der Waals surface area contributed by atoms with Gasteiger partial charge in [-0.2, -0.15) is 0 Å². The summed E-state index contributed by atoms with van der Waals surface area (Å²) in [5.41, 5.74) is 1.45. The number of aliphatic hydroxyl groups is 1. The minimum Gasteiger partial charge on any atom is -0.484 e. The quantitative estimate of drug-likeness (QED) is 0.498. The van der Waals surface area contributed by atoms with Crippen LogP contribution in [0.2, 0.25) is 0 Å². The molecule has 0 radical (unpaired) electrons. The summed E-state index contributed by atoms with van der Waals surface area (Å²) >= 11 is 0. The third-order valence-corrected chi connectivity index (χ3v) is 6.22. The molecule has 0 aromatic heterocycles. The highest BCUT2D eigenvalue weighted by Gasteiger charge is 2.37. The first-order chi connectivity index (χ1) is 16.0. The minimum absolute atomic E-state index is 0.120. The van der Waals surface area contributed by atoms with Gasteiger partial charge in [0.2, 0.25) is 0 Å². The van der Waals surface area contributed by atoms with Crippen LogP contribution in [0.3, 0.4) is 0 Å². The van der Waals surface area contributed by atoms with Crippen molar-refractivity contribution in [2.75, 3.05) is 33.3 Å². The highest BCUT2D eigenvalue weighted by atomic mass is 19.4. The number of hydrogen-bond donors (Lipinski definition) is 1. The summed E-state index contributed by atoms with van der Waals surface area (Å²) in [6.45, 7) is 9.47. The van der Waals surface area contributed by atoms with Gasteiger partial charge in [-0.25, -0.2) is 9.79 Å². The zero-order chi connectivity index (χ0) is 25.0. The van der Waals surface area contributed by atoms with Crippen molar-refractivity contribution in [3.05, 3.63) is 42.1 Å². The van der Waals surface area contributed by atoms with Gasteiger partial charge in [-0.05, 0) is 36.5 Å². The average molecular weight is 484 g/mol. The summed E-state index contributed by atoms with van der Waals surface area (Å²) in [6, 6.07) is 5.56. The number of carbonyl (C=O) groups excluding carboxylic acids is 1. The minimum atomic E-state index is -4.76. The second-order valence-electron chi connectivity index (χ2n) is 9.12. The summed E-state index contributed by atoms with van der Waals surface area (Å²) in [6.07, 6.45) is -4.16. The predicted molar refractivity (Wildman–Crippen MR) is 122 cm³/mol. The summed E-state index contributed by atoms with van der Waals surface area (Å²) < 4.78 is 47.2. The summed E-state index contributed by atoms with van der Waals surface area (Å²) in [4.78, 5) is 21.1. The van der Waals surface area contributed by atoms with Crippen molar-refractivity contribution in [1.82, 2.24) is 9.80 Å². The molecule has 2 aliphatic heterocycles. The molecular formula is C24H32F3N3O4. The standard InChI is InChI=1S/C24H32F3N3O4/c1-15(2)16(3)28-22(33-4)19-11-18(17-5-7-21(8-6-17)34-24(25,26)27)12-30(13-19)23(32)29-10-9-20(31)14-29/h5-8,15,18-20,31H,3,9-14H2,1-2,4H3. The number of likely N-dealkylation sites (tertiary alicyclic amines) is 2. The lowest BCUT2D eigenvalue weighted by atomic mass is 9.84. The van der Waals surface area contributed by atoms with Crippen LogP contribution in [-0.4, -0.2) is 72.6 Å². The largest absolute Gasteiger partial charge is 0.573 e. The second kappa shape index (κ2) is 10.7. The molecule has 3 unspecified atom stereocenters. The highest BCUT2D eigenvalue weighted by molar-refractivity contribution is 5.82. The van der Waals surface area contributed by atoms with E-state index in [1.807, 2.05) is 13.8 Å². The number of amides is 2. The Morgan fingerprint density at radius 1 is 1.18 bits per heavy atom. The molecule has 1 aromatic carbocycles. The van der Waals surface area contributed by atoms with Crippen LogP contribution in [0.1, 0.15) is 38.2 Å². The number of methoxy groups -OCH3 is 1. The lowest BCUT2D eigenvalue weighted by Gasteiger charge is -2.39. The van der Waals surface area contributed by atoms with E-state index < -0.39 is 12.5 Å². The molecule has 2 amide bonds. The number of piperidine rings is 1. The third kappa shape index (κ3) is 6.65. The molecule has 34 heavy (non-hydrogen) atoms. The molecule has 2 fully saturated rings. The van der Waals surface area contributed by atoms with E-state index in [1.165, 1.54) is 19.2 Å². The molecule has 0 spiro atoms. The molecule has 0 bridgehead atoms. The second-order valence-corrected chi connectivity index (χ2v) is 9.12. The molecule has 3 atom stereocenters.